The van der Waals surface area contributed by atoms with Gasteiger partial charge in [0.15, 0.2) is 11.4 Å². The van der Waals surface area contributed by atoms with Crippen LogP contribution in [0.3, 0.4) is 0 Å². The summed E-state index contributed by atoms with van der Waals surface area (Å²) in [5, 5.41) is 40.3. The van der Waals surface area contributed by atoms with E-state index in [0.29, 0.717) is 11.0 Å². The van der Waals surface area contributed by atoms with Crippen molar-refractivity contribution < 1.29 is 19.9 Å². The molecule has 2 aromatic rings. The first-order valence-corrected chi connectivity index (χ1v) is 8.64. The lowest BCUT2D eigenvalue weighted by atomic mass is 10.1. The minimum absolute atomic E-state index is 0.0555. The van der Waals surface area contributed by atoms with E-state index in [9.17, 15) is 20.1 Å². The first-order chi connectivity index (χ1) is 11.1. The van der Waals surface area contributed by atoms with Gasteiger partial charge < -0.3 is 15.3 Å². The summed E-state index contributed by atoms with van der Waals surface area (Å²) < 4.78 is 2.82. The van der Waals surface area contributed by atoms with Gasteiger partial charge in [0.25, 0.3) is 5.56 Å². The fraction of sp³-hybridized carbons (Fsp3) is 0.214. The van der Waals surface area contributed by atoms with E-state index in [0.717, 1.165) is 20.9 Å². The molecule has 2 aromatic heterocycles. The van der Waals surface area contributed by atoms with Crippen LogP contribution >= 0.6 is 27.7 Å². The molecule has 10 heteroatoms. The van der Waals surface area contributed by atoms with Crippen molar-refractivity contribution in [3.63, 3.8) is 0 Å². The van der Waals surface area contributed by atoms with Crippen molar-refractivity contribution >= 4 is 43.8 Å². The summed E-state index contributed by atoms with van der Waals surface area (Å²) in [6.45, 7) is 0. The molecule has 0 bridgehead atoms. The highest BCUT2D eigenvalue weighted by atomic mass is 31.0. The maximum Gasteiger partial charge on any atom is 0.316 e. The summed E-state index contributed by atoms with van der Waals surface area (Å²) in [5.41, 5.74) is 1.26. The lowest BCUT2D eigenvalue weighted by molar-refractivity contribution is -0.640. The second kappa shape index (κ2) is 6.65. The molecule has 0 aliphatic heterocycles. The SMILES string of the molecule is Cn1c(-c2c(P)c(CC#N)c(P)c([PH3+])[n+]2C)c(O)c(O)c(O)c1=O. The van der Waals surface area contributed by atoms with Gasteiger partial charge in [-0.3, -0.25) is 9.36 Å². The molecular formula is C14H18N3O4P3+2. The molecule has 7 nitrogen and oxygen atoms in total. The number of aromatic hydroxyl groups is 3. The Bertz CT molecular complexity index is 964. The highest BCUT2D eigenvalue weighted by Gasteiger charge is 2.32. The Morgan fingerprint density at radius 3 is 2.33 bits per heavy atom. The van der Waals surface area contributed by atoms with Gasteiger partial charge in [0.2, 0.25) is 17.2 Å². The Morgan fingerprint density at radius 1 is 1.21 bits per heavy atom. The fourth-order valence-corrected chi connectivity index (χ4v) is 4.11. The topological polar surface area (TPSA) is 110 Å². The highest BCUT2D eigenvalue weighted by Crippen LogP contribution is 2.38. The van der Waals surface area contributed by atoms with Crippen molar-refractivity contribution in [2.24, 2.45) is 14.1 Å². The van der Waals surface area contributed by atoms with Crippen LogP contribution in [0.2, 0.25) is 0 Å². The van der Waals surface area contributed by atoms with Gasteiger partial charge in [-0.2, -0.15) is 9.83 Å². The lowest BCUT2D eigenvalue weighted by Crippen LogP contribution is -2.54. The van der Waals surface area contributed by atoms with Gasteiger partial charge in [-0.25, -0.2) is 0 Å². The molecule has 24 heavy (non-hydrogen) atoms. The van der Waals surface area contributed by atoms with E-state index < -0.39 is 22.8 Å². The number of rotatable bonds is 2. The van der Waals surface area contributed by atoms with E-state index in [1.165, 1.54) is 7.05 Å². The van der Waals surface area contributed by atoms with E-state index in [1.54, 1.807) is 20.9 Å². The van der Waals surface area contributed by atoms with Gasteiger partial charge in [-0.15, -0.1) is 0 Å². The Kier molecular flexibility index (Phi) is 5.16. The monoisotopic (exact) mass is 385 g/mol. The predicted octanol–water partition coefficient (Wildman–Crippen LogP) is -1.71. The average molecular weight is 385 g/mol. The number of nitrogens with zero attached hydrogens (tertiary/aromatic N) is 3. The van der Waals surface area contributed by atoms with Crippen molar-refractivity contribution in [3.8, 4) is 34.7 Å². The van der Waals surface area contributed by atoms with Gasteiger partial charge in [-0.1, -0.05) is 18.5 Å². The van der Waals surface area contributed by atoms with Crippen LogP contribution in [0.15, 0.2) is 4.79 Å². The Hall–Kier alpha value is -1.72. The molecule has 0 aliphatic rings. The molecule has 3 N–H and O–H groups in total. The van der Waals surface area contributed by atoms with E-state index in [2.05, 4.69) is 24.5 Å². The standard InChI is InChI=1S/C14H16N3O4P3/c1-16-6(8(18)9(19)10(20)13(16)21)7-11(22)5(3-4-15)12(23)14(24)17(7)2/h3,22-24H2,1-2H3,(H2,18,19,20,21)/p+2. The average Bonchev–Trinajstić information content (AvgIpc) is 2.56. The molecule has 3 atom stereocenters. The number of aromatic nitrogens is 2. The minimum Gasteiger partial charge on any atom is -0.503 e. The van der Waals surface area contributed by atoms with Crippen LogP contribution < -0.4 is 26.2 Å². The van der Waals surface area contributed by atoms with Gasteiger partial charge in [0.1, 0.15) is 7.05 Å². The molecule has 0 saturated carbocycles. The summed E-state index contributed by atoms with van der Waals surface area (Å²) in [6.07, 6.45) is 0.148. The van der Waals surface area contributed by atoms with Crippen molar-refractivity contribution in [1.82, 2.24) is 4.57 Å². The predicted molar refractivity (Wildman–Crippen MR) is 102 cm³/mol. The third-order valence-corrected chi connectivity index (χ3v) is 6.52. The number of nitriles is 1. The molecule has 0 fully saturated rings. The van der Waals surface area contributed by atoms with Crippen molar-refractivity contribution in [1.29, 1.82) is 5.26 Å². The summed E-state index contributed by atoms with van der Waals surface area (Å²) in [4.78, 5) is 12.1. The second-order valence-electron chi connectivity index (χ2n) is 5.25. The van der Waals surface area contributed by atoms with Gasteiger partial charge >= 0.3 is 5.44 Å². The zero-order valence-corrected chi connectivity index (χ0v) is 16.9. The summed E-state index contributed by atoms with van der Waals surface area (Å²) >= 11 is 0. The molecule has 2 rings (SSSR count). The van der Waals surface area contributed by atoms with Crippen LogP contribution in [-0.4, -0.2) is 19.9 Å². The van der Waals surface area contributed by atoms with E-state index in [1.807, 2.05) is 0 Å². The second-order valence-corrected chi connectivity index (χ2v) is 7.08. The molecule has 0 amide bonds. The van der Waals surface area contributed by atoms with E-state index >= 15 is 0 Å². The molecule has 0 aromatic carbocycles. The molecule has 0 aliphatic carbocycles. The Labute approximate surface area is 145 Å². The number of hydrogen-bond donors (Lipinski definition) is 3. The van der Waals surface area contributed by atoms with Crippen LogP contribution in [0.5, 0.6) is 17.2 Å². The van der Waals surface area contributed by atoms with Gasteiger partial charge in [-0.05, 0) is 5.56 Å². The zero-order chi connectivity index (χ0) is 18.3. The molecule has 2 heterocycles. The van der Waals surface area contributed by atoms with Crippen molar-refractivity contribution in [3.05, 3.63) is 15.9 Å². The van der Waals surface area contributed by atoms with Crippen LogP contribution in [0, 0.1) is 11.3 Å². The summed E-state index contributed by atoms with van der Waals surface area (Å²) in [5.74, 6) is -2.38. The van der Waals surface area contributed by atoms with Crippen LogP contribution in [0.1, 0.15) is 5.56 Å². The first kappa shape index (κ1) is 18.6. The maximum atomic E-state index is 12.1. The molecule has 0 spiro atoms. The third-order valence-electron chi connectivity index (χ3n) is 3.95. The third kappa shape index (κ3) is 2.66. The Morgan fingerprint density at radius 2 is 1.79 bits per heavy atom. The smallest absolute Gasteiger partial charge is 0.316 e. The number of pyridine rings is 2. The van der Waals surface area contributed by atoms with Crippen LogP contribution in [0.4, 0.5) is 0 Å². The zero-order valence-electron chi connectivity index (χ0n) is 13.2. The maximum absolute atomic E-state index is 12.1. The molecule has 0 radical (unpaired) electrons. The van der Waals surface area contributed by atoms with Crippen molar-refractivity contribution in [2.45, 2.75) is 6.42 Å². The quantitative estimate of drug-likeness (QED) is 0.422. The normalized spacial score (nSPS) is 10.8. The van der Waals surface area contributed by atoms with Crippen molar-refractivity contribution in [2.75, 3.05) is 0 Å². The summed E-state index contributed by atoms with van der Waals surface area (Å²) in [6, 6.07) is 2.10. The van der Waals surface area contributed by atoms with Gasteiger partial charge in [0.05, 0.1) is 27.0 Å². The highest BCUT2D eigenvalue weighted by molar-refractivity contribution is 7.36. The van der Waals surface area contributed by atoms with Crippen LogP contribution in [-0.2, 0) is 20.5 Å². The lowest BCUT2D eigenvalue weighted by Gasteiger charge is -2.15. The van der Waals surface area contributed by atoms with E-state index in [-0.39, 0.29) is 12.1 Å². The molecular weight excluding hydrogens is 367 g/mol. The van der Waals surface area contributed by atoms with Crippen LogP contribution in [0.25, 0.3) is 11.4 Å². The first-order valence-electron chi connectivity index (χ1n) is 6.78. The van der Waals surface area contributed by atoms with E-state index in [4.69, 9.17) is 5.26 Å². The number of hydrogen-bond acceptors (Lipinski definition) is 5. The largest absolute Gasteiger partial charge is 0.503 e. The Balaban J connectivity index is 3.05. The molecule has 3 unspecified atom stereocenters. The fourth-order valence-electron chi connectivity index (χ4n) is 2.53. The minimum atomic E-state index is -0.912. The molecule has 0 saturated heterocycles. The summed E-state index contributed by atoms with van der Waals surface area (Å²) in [7, 11) is 9.86. The molecule has 126 valence electrons. The van der Waals surface area contributed by atoms with Gasteiger partial charge in [0, 0.05) is 12.4 Å².